The molecule has 0 spiro atoms. The van der Waals surface area contributed by atoms with Crippen LogP contribution in [0.1, 0.15) is 24.8 Å². The maximum Gasteiger partial charge on any atom is 0.269 e. The molecule has 1 saturated heterocycles. The van der Waals surface area contributed by atoms with Gasteiger partial charge in [0.25, 0.3) is 5.69 Å². The van der Waals surface area contributed by atoms with Gasteiger partial charge in [-0.2, -0.15) is 5.26 Å². The average Bonchev–Trinajstić information content (AvgIpc) is 2.72. The number of nitro groups is 1. The van der Waals surface area contributed by atoms with Gasteiger partial charge in [-0.3, -0.25) is 10.1 Å². The maximum atomic E-state index is 13.7. The second-order valence-electron chi connectivity index (χ2n) is 7.41. The van der Waals surface area contributed by atoms with Gasteiger partial charge in [0.2, 0.25) is 0 Å². The van der Waals surface area contributed by atoms with Gasteiger partial charge >= 0.3 is 0 Å². The van der Waals surface area contributed by atoms with Crippen LogP contribution in [0.4, 0.5) is 11.4 Å². The summed E-state index contributed by atoms with van der Waals surface area (Å²) in [6, 6.07) is 11.9. The highest BCUT2D eigenvalue weighted by molar-refractivity contribution is 7.93. The van der Waals surface area contributed by atoms with Gasteiger partial charge in [0.15, 0.2) is 14.6 Å². The molecule has 0 aliphatic carbocycles. The molecule has 2 unspecified atom stereocenters. The first-order chi connectivity index (χ1) is 13.8. The molecule has 2 atom stereocenters. The number of nitro benzene ring substituents is 1. The van der Waals surface area contributed by atoms with Gasteiger partial charge in [-0.05, 0) is 55.2 Å². The molecular formula is C20H18ClN3O4S. The molecule has 4 rings (SSSR count). The summed E-state index contributed by atoms with van der Waals surface area (Å²) < 4.78 is 25.7. The number of piperidine rings is 1. The lowest BCUT2D eigenvalue weighted by atomic mass is 9.81. The van der Waals surface area contributed by atoms with Crippen LogP contribution < -0.4 is 4.90 Å². The number of non-ortho nitro benzene ring substituents is 1. The highest BCUT2D eigenvalue weighted by Gasteiger charge is 2.57. The van der Waals surface area contributed by atoms with Crippen molar-refractivity contribution in [2.45, 2.75) is 41.4 Å². The van der Waals surface area contributed by atoms with Crippen LogP contribution >= 0.6 is 11.6 Å². The molecule has 0 N–H and O–H groups in total. The number of rotatable bonds is 3. The fourth-order valence-corrected chi connectivity index (χ4v) is 6.59. The average molecular weight is 432 g/mol. The molecule has 0 saturated carbocycles. The Hall–Kier alpha value is -2.63. The van der Waals surface area contributed by atoms with Gasteiger partial charge in [0, 0.05) is 35.8 Å². The Morgan fingerprint density at radius 3 is 2.59 bits per heavy atom. The molecule has 0 radical (unpaired) electrons. The van der Waals surface area contributed by atoms with Gasteiger partial charge in [-0.1, -0.05) is 11.6 Å². The lowest BCUT2D eigenvalue weighted by Gasteiger charge is -2.49. The van der Waals surface area contributed by atoms with E-state index in [1.54, 1.807) is 6.07 Å². The summed E-state index contributed by atoms with van der Waals surface area (Å²) in [6.45, 7) is 0.606. The number of benzene rings is 2. The third kappa shape index (κ3) is 2.96. The molecule has 1 fully saturated rings. The molecule has 7 nitrogen and oxygen atoms in total. The Morgan fingerprint density at radius 2 is 1.93 bits per heavy atom. The molecule has 2 heterocycles. The predicted octanol–water partition coefficient (Wildman–Crippen LogP) is 3.90. The molecule has 9 heteroatoms. The molecule has 0 aromatic heterocycles. The zero-order valence-electron chi connectivity index (χ0n) is 15.4. The Labute approximate surface area is 173 Å². The quantitative estimate of drug-likeness (QED) is 0.539. The summed E-state index contributed by atoms with van der Waals surface area (Å²) in [5, 5.41) is 21.9. The summed E-state index contributed by atoms with van der Waals surface area (Å²) in [6.07, 6.45) is 2.17. The molecule has 2 aromatic carbocycles. The summed E-state index contributed by atoms with van der Waals surface area (Å²) >= 11 is 5.91. The molecule has 29 heavy (non-hydrogen) atoms. The topological polar surface area (TPSA) is 104 Å². The van der Waals surface area contributed by atoms with Crippen LogP contribution in [0.5, 0.6) is 0 Å². The highest BCUT2D eigenvalue weighted by Crippen LogP contribution is 2.46. The van der Waals surface area contributed by atoms with Crippen LogP contribution in [0.2, 0.25) is 5.02 Å². The van der Waals surface area contributed by atoms with E-state index in [2.05, 4.69) is 6.07 Å². The fraction of sp³-hybridized carbons (Fsp3) is 0.350. The number of sulfone groups is 1. The molecule has 0 amide bonds. The number of fused-ring (bicyclic) bond motifs is 3. The van der Waals surface area contributed by atoms with Gasteiger partial charge in [0.05, 0.1) is 21.9 Å². The summed E-state index contributed by atoms with van der Waals surface area (Å²) in [4.78, 5) is 12.7. The van der Waals surface area contributed by atoms with Crippen LogP contribution in [-0.4, -0.2) is 30.7 Å². The zero-order valence-corrected chi connectivity index (χ0v) is 17.0. The van der Waals surface area contributed by atoms with Gasteiger partial charge in [-0.25, -0.2) is 8.42 Å². The van der Waals surface area contributed by atoms with Crippen molar-refractivity contribution in [1.29, 1.82) is 5.26 Å². The number of hydrogen-bond donors (Lipinski definition) is 0. The monoisotopic (exact) mass is 431 g/mol. The summed E-state index contributed by atoms with van der Waals surface area (Å²) in [7, 11) is -4.07. The van der Waals surface area contributed by atoms with E-state index in [1.165, 1.54) is 36.4 Å². The summed E-state index contributed by atoms with van der Waals surface area (Å²) in [5.74, 6) is 0. The molecule has 2 aromatic rings. The van der Waals surface area contributed by atoms with Gasteiger partial charge < -0.3 is 4.90 Å². The first-order valence-electron chi connectivity index (χ1n) is 9.25. The summed E-state index contributed by atoms with van der Waals surface area (Å²) in [5.41, 5.74) is 1.17. The normalized spacial score (nSPS) is 23.6. The van der Waals surface area contributed by atoms with Crippen LogP contribution in [0.3, 0.4) is 0 Å². The number of hydrogen-bond acceptors (Lipinski definition) is 6. The van der Waals surface area contributed by atoms with E-state index in [9.17, 15) is 23.8 Å². The maximum absolute atomic E-state index is 13.7. The first kappa shape index (κ1) is 19.7. The zero-order chi connectivity index (χ0) is 20.8. The second-order valence-corrected chi connectivity index (χ2v) is 10.1. The van der Waals surface area contributed by atoms with E-state index in [4.69, 9.17) is 11.6 Å². The third-order valence-electron chi connectivity index (χ3n) is 5.87. The van der Waals surface area contributed by atoms with E-state index in [1.807, 2.05) is 4.90 Å². The third-order valence-corrected chi connectivity index (χ3v) is 8.48. The lowest BCUT2D eigenvalue weighted by Crippen LogP contribution is -2.62. The van der Waals surface area contributed by atoms with E-state index in [0.717, 1.165) is 18.5 Å². The van der Waals surface area contributed by atoms with Crippen molar-refractivity contribution >= 4 is 32.8 Å². The van der Waals surface area contributed by atoms with Crippen LogP contribution in [0.25, 0.3) is 0 Å². The Balaban J connectivity index is 1.92. The van der Waals surface area contributed by atoms with E-state index in [-0.39, 0.29) is 17.0 Å². The molecule has 2 aliphatic rings. The van der Waals surface area contributed by atoms with Crippen LogP contribution in [0.15, 0.2) is 47.4 Å². The Bertz CT molecular complexity index is 1130. The lowest BCUT2D eigenvalue weighted by molar-refractivity contribution is -0.384. The molecule has 150 valence electrons. The van der Waals surface area contributed by atoms with Crippen molar-refractivity contribution in [2.75, 3.05) is 11.4 Å². The van der Waals surface area contributed by atoms with E-state index in [0.29, 0.717) is 23.6 Å². The van der Waals surface area contributed by atoms with Crippen LogP contribution in [-0.2, 0) is 16.3 Å². The Morgan fingerprint density at radius 1 is 1.21 bits per heavy atom. The standard InChI is InChI=1S/C20H18ClN3O4S/c21-15-4-7-17(8-5-15)29(27,28)20(13-22)12-14-11-16(24(25)26)6-9-18(14)23-10-2-1-3-19(20)23/h4-9,11,19H,1-3,10,12H2. The van der Waals surface area contributed by atoms with Gasteiger partial charge in [0.1, 0.15) is 0 Å². The van der Waals surface area contributed by atoms with Crippen molar-refractivity contribution in [2.24, 2.45) is 0 Å². The van der Waals surface area contributed by atoms with Crippen molar-refractivity contribution in [3.05, 3.63) is 63.2 Å². The minimum Gasteiger partial charge on any atom is -0.366 e. The highest BCUT2D eigenvalue weighted by atomic mass is 35.5. The van der Waals surface area contributed by atoms with Crippen molar-refractivity contribution in [3.63, 3.8) is 0 Å². The minimum absolute atomic E-state index is 0.0304. The van der Waals surface area contributed by atoms with Crippen LogP contribution in [0, 0.1) is 21.4 Å². The van der Waals surface area contributed by atoms with E-state index >= 15 is 0 Å². The number of halogens is 1. The second kappa shape index (κ2) is 7.01. The largest absolute Gasteiger partial charge is 0.366 e. The Kier molecular flexibility index (Phi) is 4.75. The molecule has 0 bridgehead atoms. The number of nitriles is 1. The first-order valence-corrected chi connectivity index (χ1v) is 11.1. The number of nitrogens with zero attached hydrogens (tertiary/aromatic N) is 3. The van der Waals surface area contributed by atoms with E-state index < -0.39 is 25.5 Å². The molecular weight excluding hydrogens is 414 g/mol. The fourth-order valence-electron chi connectivity index (χ4n) is 4.49. The minimum atomic E-state index is -4.07. The number of anilines is 1. The van der Waals surface area contributed by atoms with Gasteiger partial charge in [-0.15, -0.1) is 0 Å². The predicted molar refractivity (Wildman–Crippen MR) is 109 cm³/mol. The van der Waals surface area contributed by atoms with Crippen molar-refractivity contribution in [3.8, 4) is 6.07 Å². The molecule has 2 aliphatic heterocycles. The smallest absolute Gasteiger partial charge is 0.269 e. The van der Waals surface area contributed by atoms with Crippen molar-refractivity contribution in [1.82, 2.24) is 0 Å². The van der Waals surface area contributed by atoms with Crippen molar-refractivity contribution < 1.29 is 13.3 Å². The SMILES string of the molecule is N#CC1(S(=O)(=O)c2ccc(Cl)cc2)Cc2cc([N+](=O)[O-])ccc2N2CCCCC21.